The van der Waals surface area contributed by atoms with Gasteiger partial charge in [-0.05, 0) is 18.6 Å². The van der Waals surface area contributed by atoms with Gasteiger partial charge in [0.25, 0.3) is 0 Å². The molecule has 0 fully saturated rings. The fraction of sp³-hybridized carbons (Fsp3) is 0.455. The highest BCUT2D eigenvalue weighted by atomic mass is 16.5. The first kappa shape index (κ1) is 11.0. The summed E-state index contributed by atoms with van der Waals surface area (Å²) in [7, 11) is 0. The third-order valence-corrected chi connectivity index (χ3v) is 1.51. The van der Waals surface area contributed by atoms with Crippen LogP contribution in [0, 0.1) is 0 Å². The zero-order valence-corrected chi connectivity index (χ0v) is 8.26. The van der Waals surface area contributed by atoms with Crippen molar-refractivity contribution in [2.75, 3.05) is 6.61 Å². The van der Waals surface area contributed by atoms with Crippen LogP contribution in [0.15, 0.2) is 36.1 Å². The van der Waals surface area contributed by atoms with Crippen LogP contribution in [0.3, 0.4) is 0 Å². The molecule has 1 heterocycles. The fourth-order valence-corrected chi connectivity index (χ4v) is 0.996. The van der Waals surface area contributed by atoms with Crippen molar-refractivity contribution in [2.24, 2.45) is 0 Å². The van der Waals surface area contributed by atoms with E-state index in [9.17, 15) is 0 Å². The molecule has 0 aromatic carbocycles. The molecule has 0 unspecified atom stereocenters. The van der Waals surface area contributed by atoms with Crippen LogP contribution in [0.4, 0.5) is 0 Å². The van der Waals surface area contributed by atoms with Crippen LogP contribution in [0.1, 0.15) is 27.2 Å². The highest BCUT2D eigenvalue weighted by Crippen LogP contribution is 2.20. The predicted octanol–water partition coefficient (Wildman–Crippen LogP) is 3.45. The summed E-state index contributed by atoms with van der Waals surface area (Å²) >= 11 is 0. The van der Waals surface area contributed by atoms with Gasteiger partial charge in [0.1, 0.15) is 5.76 Å². The van der Waals surface area contributed by atoms with E-state index in [0.29, 0.717) is 0 Å². The summed E-state index contributed by atoms with van der Waals surface area (Å²) in [6, 6.07) is 0. The zero-order valence-electron chi connectivity index (χ0n) is 8.26. The molecule has 1 rings (SSSR count). The quantitative estimate of drug-likeness (QED) is 0.610. The Hall–Kier alpha value is -0.980. The lowest BCUT2D eigenvalue weighted by Gasteiger charge is -1.94. The monoisotopic (exact) mass is 166 g/mol. The molecule has 0 atom stereocenters. The van der Waals surface area contributed by atoms with Gasteiger partial charge < -0.3 is 4.74 Å². The maximum atomic E-state index is 5.32. The van der Waals surface area contributed by atoms with Gasteiger partial charge >= 0.3 is 0 Å². The van der Waals surface area contributed by atoms with E-state index < -0.39 is 0 Å². The molecule has 0 spiro atoms. The van der Waals surface area contributed by atoms with Crippen molar-refractivity contribution in [3.8, 4) is 0 Å². The number of hydrogen-bond acceptors (Lipinski definition) is 1. The molecule has 0 aliphatic carbocycles. The molecule has 0 saturated heterocycles. The van der Waals surface area contributed by atoms with E-state index in [-0.39, 0.29) is 0 Å². The Morgan fingerprint density at radius 1 is 1.42 bits per heavy atom. The Morgan fingerprint density at radius 2 is 2.08 bits per heavy atom. The summed E-state index contributed by atoms with van der Waals surface area (Å²) in [5, 5.41) is 0. The Kier molecular flexibility index (Phi) is 6.16. The molecule has 0 aromatic heterocycles. The van der Waals surface area contributed by atoms with Crippen LogP contribution in [0.2, 0.25) is 0 Å². The van der Waals surface area contributed by atoms with Gasteiger partial charge in [-0.1, -0.05) is 32.6 Å². The molecular weight excluding hydrogens is 148 g/mol. The van der Waals surface area contributed by atoms with Crippen molar-refractivity contribution in [2.45, 2.75) is 27.2 Å². The van der Waals surface area contributed by atoms with Crippen LogP contribution < -0.4 is 0 Å². The molecule has 0 amide bonds. The first-order chi connectivity index (χ1) is 5.88. The molecule has 0 aromatic rings. The van der Waals surface area contributed by atoms with Crippen molar-refractivity contribution in [1.29, 1.82) is 0 Å². The number of allylic oxidation sites excluding steroid dienone is 3. The van der Waals surface area contributed by atoms with Gasteiger partial charge in [-0.2, -0.15) is 0 Å². The van der Waals surface area contributed by atoms with Crippen molar-refractivity contribution >= 4 is 0 Å². The average Bonchev–Trinajstić information content (AvgIpc) is 2.56. The van der Waals surface area contributed by atoms with Crippen LogP contribution in [-0.4, -0.2) is 6.61 Å². The third kappa shape index (κ3) is 2.95. The molecule has 0 N–H and O–H groups in total. The molecule has 1 heteroatoms. The number of rotatable bonds is 2. The second-order valence-electron chi connectivity index (χ2n) is 2.19. The van der Waals surface area contributed by atoms with E-state index in [1.807, 2.05) is 39.0 Å². The number of ether oxygens (including phenoxy) is 1. The van der Waals surface area contributed by atoms with Gasteiger partial charge in [0.15, 0.2) is 0 Å². The first-order valence-corrected chi connectivity index (χ1v) is 4.49. The largest absolute Gasteiger partial charge is 0.493 e. The zero-order chi connectivity index (χ0) is 9.40. The summed E-state index contributed by atoms with van der Waals surface area (Å²) < 4.78 is 5.32. The summed E-state index contributed by atoms with van der Waals surface area (Å²) in [6.07, 6.45) is 6.82. The Labute approximate surface area is 75.4 Å². The molecule has 68 valence electrons. The Morgan fingerprint density at radius 3 is 2.58 bits per heavy atom. The summed E-state index contributed by atoms with van der Waals surface area (Å²) in [5.74, 6) is 0.984. The minimum absolute atomic E-state index is 0.807. The average molecular weight is 166 g/mol. The molecule has 1 aliphatic rings. The van der Waals surface area contributed by atoms with E-state index in [1.54, 1.807) is 0 Å². The molecule has 1 nitrogen and oxygen atoms in total. The lowest BCUT2D eigenvalue weighted by molar-refractivity contribution is 0.257. The predicted molar refractivity (Wildman–Crippen MR) is 54.0 cm³/mol. The second kappa shape index (κ2) is 6.71. The highest BCUT2D eigenvalue weighted by Gasteiger charge is 2.08. The van der Waals surface area contributed by atoms with E-state index in [0.717, 1.165) is 18.8 Å². The van der Waals surface area contributed by atoms with E-state index >= 15 is 0 Å². The van der Waals surface area contributed by atoms with Crippen molar-refractivity contribution in [3.63, 3.8) is 0 Å². The first-order valence-electron chi connectivity index (χ1n) is 4.49. The van der Waals surface area contributed by atoms with Gasteiger partial charge in [-0.3, -0.25) is 0 Å². The molecule has 0 saturated carbocycles. The maximum Gasteiger partial charge on any atom is 0.122 e. The highest BCUT2D eigenvalue weighted by molar-refractivity contribution is 5.30. The summed E-state index contributed by atoms with van der Waals surface area (Å²) in [5.41, 5.74) is 1.22. The van der Waals surface area contributed by atoms with Gasteiger partial charge in [0.05, 0.1) is 6.61 Å². The van der Waals surface area contributed by atoms with Gasteiger partial charge in [0, 0.05) is 6.42 Å². The van der Waals surface area contributed by atoms with Gasteiger partial charge in [-0.25, -0.2) is 0 Å². The van der Waals surface area contributed by atoms with Crippen LogP contribution in [0.5, 0.6) is 0 Å². The lowest BCUT2D eigenvalue weighted by atomic mass is 10.2. The molecular formula is C11H18O. The molecule has 1 aliphatic heterocycles. The topological polar surface area (TPSA) is 9.23 Å². The normalized spacial score (nSPS) is 15.6. The lowest BCUT2D eigenvalue weighted by Crippen LogP contribution is -1.78. The summed E-state index contributed by atoms with van der Waals surface area (Å²) in [4.78, 5) is 0. The van der Waals surface area contributed by atoms with Crippen LogP contribution in [-0.2, 0) is 4.74 Å². The summed E-state index contributed by atoms with van der Waals surface area (Å²) in [6.45, 7) is 10.5. The minimum Gasteiger partial charge on any atom is -0.493 e. The van der Waals surface area contributed by atoms with Gasteiger partial charge in [-0.15, -0.1) is 0 Å². The maximum absolute atomic E-state index is 5.32. The molecule has 12 heavy (non-hydrogen) atoms. The molecule has 0 radical (unpaired) electrons. The molecule has 0 bridgehead atoms. The minimum atomic E-state index is 0.807. The van der Waals surface area contributed by atoms with Crippen LogP contribution >= 0.6 is 0 Å². The Bertz CT molecular complexity index is 187. The second-order valence-corrected chi connectivity index (χ2v) is 2.19. The third-order valence-electron chi connectivity index (χ3n) is 1.51. The fourth-order valence-electron chi connectivity index (χ4n) is 0.996. The van der Waals surface area contributed by atoms with Gasteiger partial charge in [0.2, 0.25) is 0 Å². The number of hydrogen-bond donors (Lipinski definition) is 0. The SMILES string of the molecule is C=CC1=C(/C=C\C)OCC1.CC. The van der Waals surface area contributed by atoms with E-state index in [2.05, 4.69) is 6.58 Å². The smallest absolute Gasteiger partial charge is 0.122 e. The van der Waals surface area contributed by atoms with Crippen LogP contribution in [0.25, 0.3) is 0 Å². The Balaban J connectivity index is 0.000000561. The van der Waals surface area contributed by atoms with E-state index in [4.69, 9.17) is 4.74 Å². The van der Waals surface area contributed by atoms with Crippen molar-refractivity contribution < 1.29 is 4.74 Å². The van der Waals surface area contributed by atoms with Crippen molar-refractivity contribution in [1.82, 2.24) is 0 Å². The standard InChI is InChI=1S/C9H12O.C2H6/c1-3-5-9-8(4-2)6-7-10-9;1-2/h3-5H,2,6-7H2,1H3;1-2H3/b5-3-;. The van der Waals surface area contributed by atoms with E-state index in [1.165, 1.54) is 5.57 Å². The van der Waals surface area contributed by atoms with Crippen molar-refractivity contribution in [3.05, 3.63) is 36.1 Å².